The lowest BCUT2D eigenvalue weighted by molar-refractivity contribution is 0.600. The van der Waals surface area contributed by atoms with Crippen LogP contribution in [0.2, 0.25) is 0 Å². The van der Waals surface area contributed by atoms with E-state index in [0.717, 1.165) is 0 Å². The highest BCUT2D eigenvalue weighted by atomic mass is 35.5. The number of fused-ring (bicyclic) bond motifs is 1. The predicted octanol–water partition coefficient (Wildman–Crippen LogP) is 3.80. The van der Waals surface area contributed by atoms with Crippen LogP contribution in [0, 0.1) is 19.8 Å². The topological polar surface area (TPSA) is 17.8 Å². The number of hydrogen-bond acceptors (Lipinski definition) is 1. The third-order valence-corrected chi connectivity index (χ3v) is 4.18. The maximum atomic E-state index is 6.54. The van der Waals surface area contributed by atoms with Crippen molar-refractivity contribution in [2.75, 3.05) is 0 Å². The van der Waals surface area contributed by atoms with Gasteiger partial charge in [0, 0.05) is 17.3 Å². The van der Waals surface area contributed by atoms with Crippen molar-refractivity contribution in [1.29, 1.82) is 0 Å². The first-order chi connectivity index (χ1) is 7.70. The SMILES string of the molecule is Cc1c(C)n(C(Cl)C2CC2)c2cnccc12. The molecule has 84 valence electrons. The van der Waals surface area contributed by atoms with Gasteiger partial charge >= 0.3 is 0 Å². The molecule has 2 heterocycles. The molecule has 0 saturated heterocycles. The van der Waals surface area contributed by atoms with E-state index in [1.807, 2.05) is 12.4 Å². The molecule has 16 heavy (non-hydrogen) atoms. The van der Waals surface area contributed by atoms with E-state index in [9.17, 15) is 0 Å². The van der Waals surface area contributed by atoms with Gasteiger partial charge in [-0.2, -0.15) is 0 Å². The van der Waals surface area contributed by atoms with Gasteiger partial charge in [-0.05, 0) is 44.2 Å². The number of nitrogens with zero attached hydrogens (tertiary/aromatic N) is 2. The molecule has 0 aliphatic heterocycles. The van der Waals surface area contributed by atoms with Crippen molar-refractivity contribution in [2.24, 2.45) is 5.92 Å². The van der Waals surface area contributed by atoms with E-state index in [2.05, 4.69) is 29.5 Å². The van der Waals surface area contributed by atoms with E-state index in [0.29, 0.717) is 5.92 Å². The summed E-state index contributed by atoms with van der Waals surface area (Å²) < 4.78 is 2.25. The van der Waals surface area contributed by atoms with Crippen LogP contribution in [-0.2, 0) is 0 Å². The van der Waals surface area contributed by atoms with Crippen molar-refractivity contribution < 1.29 is 0 Å². The van der Waals surface area contributed by atoms with Gasteiger partial charge in [0.25, 0.3) is 0 Å². The minimum Gasteiger partial charge on any atom is -0.326 e. The van der Waals surface area contributed by atoms with E-state index in [1.165, 1.54) is 35.0 Å². The second-order valence-corrected chi connectivity index (χ2v) is 5.13. The highest BCUT2D eigenvalue weighted by Crippen LogP contribution is 2.44. The number of alkyl halides is 1. The summed E-state index contributed by atoms with van der Waals surface area (Å²) in [4.78, 5) is 4.21. The van der Waals surface area contributed by atoms with Gasteiger partial charge in [-0.25, -0.2) is 0 Å². The molecule has 0 spiro atoms. The van der Waals surface area contributed by atoms with Crippen molar-refractivity contribution >= 4 is 22.5 Å². The molecule has 1 aliphatic carbocycles. The number of pyridine rings is 1. The summed E-state index contributed by atoms with van der Waals surface area (Å²) in [6, 6.07) is 2.07. The normalized spacial score (nSPS) is 17.9. The van der Waals surface area contributed by atoms with Crippen LogP contribution in [0.15, 0.2) is 18.5 Å². The summed E-state index contributed by atoms with van der Waals surface area (Å²) in [6.45, 7) is 4.30. The Kier molecular flexibility index (Phi) is 2.21. The third-order valence-electron chi connectivity index (χ3n) is 3.63. The lowest BCUT2D eigenvalue weighted by atomic mass is 10.2. The van der Waals surface area contributed by atoms with E-state index in [4.69, 9.17) is 11.6 Å². The first-order valence-corrected chi connectivity index (χ1v) is 6.19. The average molecular weight is 235 g/mol. The summed E-state index contributed by atoms with van der Waals surface area (Å²) in [5, 5.41) is 1.28. The van der Waals surface area contributed by atoms with Gasteiger partial charge in [-0.3, -0.25) is 4.98 Å². The number of aromatic nitrogens is 2. The lowest BCUT2D eigenvalue weighted by Crippen LogP contribution is -2.06. The summed E-state index contributed by atoms with van der Waals surface area (Å²) in [7, 11) is 0. The van der Waals surface area contributed by atoms with Crippen molar-refractivity contribution in [3.63, 3.8) is 0 Å². The predicted molar refractivity (Wildman–Crippen MR) is 66.8 cm³/mol. The first-order valence-electron chi connectivity index (χ1n) is 5.75. The molecule has 0 radical (unpaired) electrons. The number of rotatable bonds is 2. The number of aryl methyl sites for hydroxylation is 1. The van der Waals surface area contributed by atoms with Crippen molar-refractivity contribution in [1.82, 2.24) is 9.55 Å². The Bertz CT molecular complexity index is 540. The van der Waals surface area contributed by atoms with Crippen LogP contribution in [-0.4, -0.2) is 9.55 Å². The van der Waals surface area contributed by atoms with Gasteiger partial charge in [0.2, 0.25) is 0 Å². The molecule has 2 aromatic heterocycles. The summed E-state index contributed by atoms with van der Waals surface area (Å²) in [5.74, 6) is 0.649. The second-order valence-electron chi connectivity index (χ2n) is 4.68. The zero-order valence-corrected chi connectivity index (χ0v) is 10.3. The van der Waals surface area contributed by atoms with Gasteiger partial charge in [0.05, 0.1) is 11.7 Å². The molecule has 1 unspecified atom stereocenters. The van der Waals surface area contributed by atoms with Crippen molar-refractivity contribution in [3.8, 4) is 0 Å². The van der Waals surface area contributed by atoms with Crippen LogP contribution in [0.5, 0.6) is 0 Å². The quantitative estimate of drug-likeness (QED) is 0.723. The maximum absolute atomic E-state index is 6.54. The Hall–Kier alpha value is -1.02. The molecule has 3 heteroatoms. The minimum atomic E-state index is 0.0976. The fraction of sp³-hybridized carbons (Fsp3) is 0.462. The molecule has 0 aromatic carbocycles. The van der Waals surface area contributed by atoms with Gasteiger partial charge in [-0.1, -0.05) is 11.6 Å². The Morgan fingerprint density at radius 2 is 2.19 bits per heavy atom. The first kappa shape index (κ1) is 10.2. The van der Waals surface area contributed by atoms with Crippen LogP contribution in [0.25, 0.3) is 10.9 Å². The second kappa shape index (κ2) is 3.49. The van der Waals surface area contributed by atoms with Gasteiger partial charge in [0.1, 0.15) is 5.50 Å². The molecule has 2 nitrogen and oxygen atoms in total. The van der Waals surface area contributed by atoms with Gasteiger partial charge in [0.15, 0.2) is 0 Å². The van der Waals surface area contributed by atoms with E-state index in [-0.39, 0.29) is 5.50 Å². The number of hydrogen-bond donors (Lipinski definition) is 0. The minimum absolute atomic E-state index is 0.0976. The molecule has 1 aliphatic rings. The maximum Gasteiger partial charge on any atom is 0.111 e. The molecule has 3 rings (SSSR count). The van der Waals surface area contributed by atoms with E-state index in [1.54, 1.807) is 0 Å². The standard InChI is InChI=1S/C13H15ClN2/c1-8-9(2)16(13(14)10-3-4-10)12-7-15-6-5-11(8)12/h5-7,10,13H,3-4H2,1-2H3. The molecule has 1 saturated carbocycles. The molecule has 2 aromatic rings. The van der Waals surface area contributed by atoms with Crippen molar-refractivity contribution in [2.45, 2.75) is 32.2 Å². The zero-order chi connectivity index (χ0) is 11.3. The molecule has 0 amide bonds. The molecule has 0 bridgehead atoms. The Labute approximate surface area is 100 Å². The van der Waals surface area contributed by atoms with Crippen molar-refractivity contribution in [3.05, 3.63) is 29.7 Å². The summed E-state index contributed by atoms with van der Waals surface area (Å²) in [6.07, 6.45) is 6.28. The van der Waals surface area contributed by atoms with Crippen LogP contribution in [0.4, 0.5) is 0 Å². The Balaban J connectivity index is 2.25. The van der Waals surface area contributed by atoms with Gasteiger partial charge in [-0.15, -0.1) is 0 Å². The number of halogens is 1. The fourth-order valence-electron chi connectivity index (χ4n) is 2.35. The average Bonchev–Trinajstić information content (AvgIpc) is 3.09. The molecule has 1 fully saturated rings. The van der Waals surface area contributed by atoms with Crippen LogP contribution in [0.1, 0.15) is 29.6 Å². The summed E-state index contributed by atoms with van der Waals surface area (Å²) >= 11 is 6.54. The fourth-order valence-corrected chi connectivity index (χ4v) is 2.85. The smallest absolute Gasteiger partial charge is 0.111 e. The monoisotopic (exact) mass is 234 g/mol. The van der Waals surface area contributed by atoms with E-state index < -0.39 is 0 Å². The highest BCUT2D eigenvalue weighted by molar-refractivity contribution is 6.19. The molecular weight excluding hydrogens is 220 g/mol. The molecule has 1 atom stereocenters. The Morgan fingerprint density at radius 1 is 1.44 bits per heavy atom. The van der Waals surface area contributed by atoms with Gasteiger partial charge < -0.3 is 4.57 Å². The lowest BCUT2D eigenvalue weighted by Gasteiger charge is -2.14. The summed E-state index contributed by atoms with van der Waals surface area (Å²) in [5.41, 5.74) is 3.86. The van der Waals surface area contributed by atoms with Crippen LogP contribution < -0.4 is 0 Å². The highest BCUT2D eigenvalue weighted by Gasteiger charge is 2.32. The third kappa shape index (κ3) is 1.36. The van der Waals surface area contributed by atoms with E-state index >= 15 is 0 Å². The van der Waals surface area contributed by atoms with Crippen LogP contribution in [0.3, 0.4) is 0 Å². The Morgan fingerprint density at radius 3 is 2.88 bits per heavy atom. The molecule has 0 N–H and O–H groups in total. The van der Waals surface area contributed by atoms with Crippen LogP contribution >= 0.6 is 11.6 Å². The zero-order valence-electron chi connectivity index (χ0n) is 9.57. The molecular formula is C13H15ClN2. The largest absolute Gasteiger partial charge is 0.326 e.